The summed E-state index contributed by atoms with van der Waals surface area (Å²) in [5.41, 5.74) is 7.54. The minimum absolute atomic E-state index is 0.0565. The Kier molecular flexibility index (Phi) is 4.53. The number of rotatable bonds is 5. The van der Waals surface area contributed by atoms with Crippen molar-refractivity contribution in [3.63, 3.8) is 0 Å². The van der Waals surface area contributed by atoms with Gasteiger partial charge in [-0.05, 0) is 12.5 Å². The summed E-state index contributed by atoms with van der Waals surface area (Å²) in [7, 11) is -3.08. The normalized spacial score (nSPS) is 11.7. The Labute approximate surface area is 128 Å². The number of hydrogen-bond donors (Lipinski definition) is 2. The van der Waals surface area contributed by atoms with E-state index in [4.69, 9.17) is 5.73 Å². The van der Waals surface area contributed by atoms with Gasteiger partial charge in [-0.15, -0.1) is 11.3 Å². The first kappa shape index (κ1) is 15.8. The maximum absolute atomic E-state index is 12.1. The molecule has 5 nitrogen and oxygen atoms in total. The van der Waals surface area contributed by atoms with E-state index in [9.17, 15) is 13.2 Å². The van der Waals surface area contributed by atoms with Crippen LogP contribution in [0.2, 0.25) is 0 Å². The Morgan fingerprint density at radius 3 is 2.71 bits per heavy atom. The molecular formula is C14H18N2O3S2. The van der Waals surface area contributed by atoms with Crippen LogP contribution in [-0.4, -0.2) is 32.4 Å². The molecule has 0 atom stereocenters. The van der Waals surface area contributed by atoms with E-state index in [1.54, 1.807) is 6.92 Å². The molecule has 1 amide bonds. The second-order valence-electron chi connectivity index (χ2n) is 4.79. The predicted octanol–water partition coefficient (Wildman–Crippen LogP) is 1.96. The molecule has 0 bridgehead atoms. The largest absolute Gasteiger partial charge is 0.397 e. The first-order chi connectivity index (χ1) is 9.85. The van der Waals surface area contributed by atoms with Gasteiger partial charge in [-0.25, -0.2) is 8.42 Å². The summed E-state index contributed by atoms with van der Waals surface area (Å²) >= 11 is 1.34. The van der Waals surface area contributed by atoms with Gasteiger partial charge in [0.15, 0.2) is 9.84 Å². The summed E-state index contributed by atoms with van der Waals surface area (Å²) < 4.78 is 23.8. The topological polar surface area (TPSA) is 89.3 Å². The number of anilines is 1. The first-order valence-electron chi connectivity index (χ1n) is 6.62. The number of sulfone groups is 1. The SMILES string of the molecule is CCS(=O)(=O)CCNC(=O)c1sc2c(C)cccc2c1N. The number of carbonyl (C=O) groups excluding carboxylic acids is 1. The van der Waals surface area contributed by atoms with Gasteiger partial charge in [0.1, 0.15) is 4.88 Å². The van der Waals surface area contributed by atoms with Crippen LogP contribution in [0.3, 0.4) is 0 Å². The number of fused-ring (bicyclic) bond motifs is 1. The molecule has 1 aromatic heterocycles. The predicted molar refractivity (Wildman–Crippen MR) is 87.6 cm³/mol. The lowest BCUT2D eigenvalue weighted by molar-refractivity contribution is 0.0961. The van der Waals surface area contributed by atoms with Gasteiger partial charge < -0.3 is 11.1 Å². The van der Waals surface area contributed by atoms with E-state index < -0.39 is 9.84 Å². The molecule has 1 aromatic carbocycles. The van der Waals surface area contributed by atoms with Crippen molar-refractivity contribution >= 4 is 42.9 Å². The summed E-state index contributed by atoms with van der Waals surface area (Å²) in [5, 5.41) is 3.49. The number of nitrogens with one attached hydrogen (secondary N) is 1. The molecule has 2 rings (SSSR count). The molecule has 0 aliphatic rings. The van der Waals surface area contributed by atoms with E-state index in [0.717, 1.165) is 15.6 Å². The molecule has 3 N–H and O–H groups in total. The minimum atomic E-state index is -3.08. The number of amides is 1. The van der Waals surface area contributed by atoms with Crippen LogP contribution in [0.15, 0.2) is 18.2 Å². The Morgan fingerprint density at radius 2 is 2.10 bits per heavy atom. The van der Waals surface area contributed by atoms with Crippen molar-refractivity contribution < 1.29 is 13.2 Å². The van der Waals surface area contributed by atoms with Gasteiger partial charge in [-0.1, -0.05) is 25.1 Å². The number of hydrogen-bond acceptors (Lipinski definition) is 5. The van der Waals surface area contributed by atoms with E-state index >= 15 is 0 Å². The van der Waals surface area contributed by atoms with Gasteiger partial charge in [0, 0.05) is 22.4 Å². The van der Waals surface area contributed by atoms with Crippen LogP contribution in [0.1, 0.15) is 22.2 Å². The highest BCUT2D eigenvalue weighted by Gasteiger charge is 2.17. The zero-order valence-electron chi connectivity index (χ0n) is 12.0. The van der Waals surface area contributed by atoms with Crippen molar-refractivity contribution in [3.05, 3.63) is 28.6 Å². The summed E-state index contributed by atoms with van der Waals surface area (Å²) in [6, 6.07) is 5.75. The first-order valence-corrected chi connectivity index (χ1v) is 9.25. The molecule has 0 spiro atoms. The highest BCUT2D eigenvalue weighted by atomic mass is 32.2. The summed E-state index contributed by atoms with van der Waals surface area (Å²) in [4.78, 5) is 12.6. The smallest absolute Gasteiger partial charge is 0.263 e. The molecule has 21 heavy (non-hydrogen) atoms. The molecule has 0 unspecified atom stereocenters. The van der Waals surface area contributed by atoms with Gasteiger partial charge in [-0.3, -0.25) is 4.79 Å². The lowest BCUT2D eigenvalue weighted by Gasteiger charge is -2.04. The number of nitrogen functional groups attached to an aromatic ring is 1. The van der Waals surface area contributed by atoms with Gasteiger partial charge in [0.05, 0.1) is 11.4 Å². The number of aryl methyl sites for hydroxylation is 1. The average molecular weight is 326 g/mol. The second-order valence-corrected chi connectivity index (χ2v) is 8.28. The molecule has 114 valence electrons. The van der Waals surface area contributed by atoms with Crippen LogP contribution in [0.5, 0.6) is 0 Å². The van der Waals surface area contributed by atoms with Crippen molar-refractivity contribution in [1.82, 2.24) is 5.32 Å². The fraction of sp³-hybridized carbons (Fsp3) is 0.357. The van der Waals surface area contributed by atoms with E-state index in [1.165, 1.54) is 11.3 Å². The van der Waals surface area contributed by atoms with Crippen molar-refractivity contribution in [1.29, 1.82) is 0 Å². The van der Waals surface area contributed by atoms with Crippen LogP contribution in [0.25, 0.3) is 10.1 Å². The lowest BCUT2D eigenvalue weighted by Crippen LogP contribution is -2.29. The standard InChI is InChI=1S/C14H18N2O3S2/c1-3-21(18,19)8-7-16-14(17)13-11(15)10-6-4-5-9(2)12(10)20-13/h4-6H,3,7-8,15H2,1-2H3,(H,16,17). The third kappa shape index (κ3) is 3.36. The van der Waals surface area contributed by atoms with Crippen molar-refractivity contribution in [2.75, 3.05) is 23.8 Å². The zero-order chi connectivity index (χ0) is 15.6. The summed E-state index contributed by atoms with van der Waals surface area (Å²) in [6.45, 7) is 3.65. The molecule has 0 aliphatic carbocycles. The fourth-order valence-corrected chi connectivity index (χ4v) is 3.80. The van der Waals surface area contributed by atoms with E-state index in [2.05, 4.69) is 5.32 Å². The van der Waals surface area contributed by atoms with Gasteiger partial charge in [0.25, 0.3) is 5.91 Å². The molecule has 0 saturated carbocycles. The number of nitrogens with two attached hydrogens (primary N) is 1. The Balaban J connectivity index is 2.17. The van der Waals surface area contributed by atoms with Crippen molar-refractivity contribution in [3.8, 4) is 0 Å². The lowest BCUT2D eigenvalue weighted by atomic mass is 10.1. The molecule has 0 radical (unpaired) electrons. The summed E-state index contributed by atoms with van der Waals surface area (Å²) in [6.07, 6.45) is 0. The molecule has 0 saturated heterocycles. The maximum atomic E-state index is 12.1. The van der Waals surface area contributed by atoms with Gasteiger partial charge in [-0.2, -0.15) is 0 Å². The zero-order valence-corrected chi connectivity index (χ0v) is 13.6. The Hall–Kier alpha value is -1.60. The molecule has 2 aromatic rings. The number of thiophene rings is 1. The van der Waals surface area contributed by atoms with E-state index in [0.29, 0.717) is 10.6 Å². The molecular weight excluding hydrogens is 308 g/mol. The van der Waals surface area contributed by atoms with Gasteiger partial charge in [0.2, 0.25) is 0 Å². The third-order valence-electron chi connectivity index (χ3n) is 3.30. The van der Waals surface area contributed by atoms with Crippen molar-refractivity contribution in [2.45, 2.75) is 13.8 Å². The second kappa shape index (κ2) is 6.03. The van der Waals surface area contributed by atoms with Crippen LogP contribution < -0.4 is 11.1 Å². The minimum Gasteiger partial charge on any atom is -0.397 e. The highest BCUT2D eigenvalue weighted by molar-refractivity contribution is 7.91. The molecule has 7 heteroatoms. The maximum Gasteiger partial charge on any atom is 0.263 e. The van der Waals surface area contributed by atoms with Crippen LogP contribution in [0, 0.1) is 6.92 Å². The van der Waals surface area contributed by atoms with Gasteiger partial charge >= 0.3 is 0 Å². The summed E-state index contributed by atoms with van der Waals surface area (Å²) in [5.74, 6) is -0.300. The molecule has 1 heterocycles. The molecule has 0 aliphatic heterocycles. The Morgan fingerprint density at radius 1 is 1.38 bits per heavy atom. The fourth-order valence-electron chi connectivity index (χ4n) is 1.99. The van der Waals surface area contributed by atoms with E-state index in [-0.39, 0.29) is 24.0 Å². The van der Waals surface area contributed by atoms with Crippen LogP contribution >= 0.6 is 11.3 Å². The third-order valence-corrected chi connectivity index (χ3v) is 6.36. The monoisotopic (exact) mass is 326 g/mol. The van der Waals surface area contributed by atoms with Crippen molar-refractivity contribution in [2.24, 2.45) is 0 Å². The van der Waals surface area contributed by atoms with E-state index in [1.807, 2.05) is 25.1 Å². The Bertz CT molecular complexity index is 779. The number of benzene rings is 1. The quantitative estimate of drug-likeness (QED) is 0.879. The van der Waals surface area contributed by atoms with Crippen LogP contribution in [0.4, 0.5) is 5.69 Å². The highest BCUT2D eigenvalue weighted by Crippen LogP contribution is 2.35. The molecule has 0 fully saturated rings. The average Bonchev–Trinajstić information content (AvgIpc) is 2.78. The number of carbonyl (C=O) groups is 1. The van der Waals surface area contributed by atoms with Crippen LogP contribution in [-0.2, 0) is 9.84 Å².